The molecule has 0 heterocycles. The van der Waals surface area contributed by atoms with E-state index in [2.05, 4.69) is 0 Å². The van der Waals surface area contributed by atoms with Crippen LogP contribution >= 0.6 is 0 Å². The molecule has 0 radical (unpaired) electrons. The average molecular weight is 321 g/mol. The third kappa shape index (κ3) is 4.54. The number of carboxylic acids is 1. The number of benzene rings is 1. The minimum atomic E-state index is -5.27. The smallest absolute Gasteiger partial charge is 0.471 e. The fourth-order valence-electron chi connectivity index (χ4n) is 1.51. The molecule has 22 heavy (non-hydrogen) atoms. The van der Waals surface area contributed by atoms with E-state index in [4.69, 9.17) is 5.11 Å². The number of carbonyl (C=O) groups is 3. The highest BCUT2D eigenvalue weighted by Gasteiger charge is 2.41. The fourth-order valence-corrected chi connectivity index (χ4v) is 1.51. The van der Waals surface area contributed by atoms with Crippen molar-refractivity contribution in [2.75, 3.05) is 0 Å². The van der Waals surface area contributed by atoms with Gasteiger partial charge in [0.1, 0.15) is 11.9 Å². The molecule has 0 fully saturated rings. The highest BCUT2D eigenvalue weighted by atomic mass is 19.4. The number of alkyl halides is 3. The van der Waals surface area contributed by atoms with Gasteiger partial charge < -0.3 is 10.4 Å². The molecule has 1 aromatic rings. The summed E-state index contributed by atoms with van der Waals surface area (Å²) in [6, 6.07) is 1.27. The molecule has 0 unspecified atom stereocenters. The summed E-state index contributed by atoms with van der Waals surface area (Å²) in [5, 5.41) is 9.98. The summed E-state index contributed by atoms with van der Waals surface area (Å²) in [7, 11) is 0. The minimum Gasteiger partial charge on any atom is -0.480 e. The molecule has 0 aliphatic rings. The topological polar surface area (TPSA) is 83.5 Å². The van der Waals surface area contributed by atoms with Gasteiger partial charge in [-0.1, -0.05) is 12.1 Å². The Labute approximate surface area is 121 Å². The van der Waals surface area contributed by atoms with Crippen LogP contribution in [0.1, 0.15) is 22.3 Å². The summed E-state index contributed by atoms with van der Waals surface area (Å²) in [4.78, 5) is 33.4. The normalized spacial score (nSPS) is 12.6. The van der Waals surface area contributed by atoms with Gasteiger partial charge in [0.25, 0.3) is 0 Å². The summed E-state index contributed by atoms with van der Waals surface area (Å²) in [6.45, 7) is 1.44. The molecule has 2 N–H and O–H groups in total. The minimum absolute atomic E-state index is 0.199. The zero-order chi connectivity index (χ0) is 17.1. The molecule has 0 saturated carbocycles. The lowest BCUT2D eigenvalue weighted by molar-refractivity contribution is -0.175. The summed E-state index contributed by atoms with van der Waals surface area (Å²) in [5.74, 6) is -5.90. The van der Waals surface area contributed by atoms with Crippen molar-refractivity contribution in [3.05, 3.63) is 35.1 Å². The molecule has 1 atom stereocenters. The van der Waals surface area contributed by atoms with E-state index in [1.165, 1.54) is 24.4 Å². The summed E-state index contributed by atoms with van der Waals surface area (Å²) < 4.78 is 49.6. The molecule has 0 spiro atoms. The third-order valence-electron chi connectivity index (χ3n) is 2.74. The van der Waals surface area contributed by atoms with Crippen molar-refractivity contribution in [2.45, 2.75) is 25.6 Å². The molecule has 9 heteroatoms. The molecule has 1 amide bonds. The van der Waals surface area contributed by atoms with E-state index in [1.807, 2.05) is 0 Å². The lowest BCUT2D eigenvalue weighted by Crippen LogP contribution is -2.47. The Morgan fingerprint density at radius 2 is 1.86 bits per heavy atom. The van der Waals surface area contributed by atoms with Gasteiger partial charge in [0.15, 0.2) is 5.78 Å². The third-order valence-corrected chi connectivity index (χ3v) is 2.74. The van der Waals surface area contributed by atoms with Crippen LogP contribution in [0.4, 0.5) is 17.6 Å². The number of aryl methyl sites for hydroxylation is 1. The predicted octanol–water partition coefficient (Wildman–Crippen LogP) is 1.84. The molecule has 5 nitrogen and oxygen atoms in total. The van der Waals surface area contributed by atoms with Crippen LogP contribution in [0.25, 0.3) is 0 Å². The van der Waals surface area contributed by atoms with Crippen molar-refractivity contribution in [1.82, 2.24) is 5.32 Å². The predicted molar refractivity (Wildman–Crippen MR) is 65.7 cm³/mol. The Morgan fingerprint density at radius 3 is 2.32 bits per heavy atom. The van der Waals surface area contributed by atoms with Crippen LogP contribution in [0.5, 0.6) is 0 Å². The molecule has 1 rings (SSSR count). The second-order valence-corrected chi connectivity index (χ2v) is 4.45. The lowest BCUT2D eigenvalue weighted by atomic mass is 10.0. The van der Waals surface area contributed by atoms with Crippen LogP contribution in [0.15, 0.2) is 18.2 Å². The van der Waals surface area contributed by atoms with Gasteiger partial charge in [-0.15, -0.1) is 0 Å². The second-order valence-electron chi connectivity index (χ2n) is 4.45. The number of carboxylic acid groups (broad SMARTS) is 1. The van der Waals surface area contributed by atoms with Crippen molar-refractivity contribution in [2.24, 2.45) is 0 Å². The van der Waals surface area contributed by atoms with Gasteiger partial charge in [0.05, 0.1) is 0 Å². The van der Waals surface area contributed by atoms with Gasteiger partial charge in [0.2, 0.25) is 0 Å². The zero-order valence-electron chi connectivity index (χ0n) is 11.2. The summed E-state index contributed by atoms with van der Waals surface area (Å²) in [6.07, 6.45) is -6.20. The van der Waals surface area contributed by atoms with Crippen molar-refractivity contribution in [3.8, 4) is 0 Å². The fraction of sp³-hybridized carbons (Fsp3) is 0.308. The number of aliphatic carboxylic acids is 1. The largest absolute Gasteiger partial charge is 0.480 e. The van der Waals surface area contributed by atoms with E-state index in [0.29, 0.717) is 0 Å². The molecular formula is C13H11F4NO4. The van der Waals surface area contributed by atoms with Crippen LogP contribution in [-0.2, 0) is 9.59 Å². The van der Waals surface area contributed by atoms with Crippen LogP contribution in [0.2, 0.25) is 0 Å². The van der Waals surface area contributed by atoms with Crippen molar-refractivity contribution >= 4 is 17.7 Å². The van der Waals surface area contributed by atoms with Crippen LogP contribution < -0.4 is 5.32 Å². The van der Waals surface area contributed by atoms with Gasteiger partial charge >= 0.3 is 18.1 Å². The molecule has 0 aromatic heterocycles. The Hall–Kier alpha value is -2.45. The first-order valence-electron chi connectivity index (χ1n) is 5.92. The molecule has 1 aromatic carbocycles. The average Bonchev–Trinajstić information content (AvgIpc) is 2.39. The maximum Gasteiger partial charge on any atom is 0.471 e. The Bertz CT molecular complexity index is 613. The Morgan fingerprint density at radius 1 is 1.27 bits per heavy atom. The molecular weight excluding hydrogens is 310 g/mol. The van der Waals surface area contributed by atoms with Gasteiger partial charge in [-0.2, -0.15) is 13.2 Å². The lowest BCUT2D eigenvalue weighted by Gasteiger charge is -2.15. The van der Waals surface area contributed by atoms with E-state index < -0.39 is 42.1 Å². The number of ketones is 1. The van der Waals surface area contributed by atoms with Crippen LogP contribution in [0.3, 0.4) is 0 Å². The van der Waals surface area contributed by atoms with Gasteiger partial charge in [-0.3, -0.25) is 9.59 Å². The van der Waals surface area contributed by atoms with E-state index >= 15 is 0 Å². The first-order valence-corrected chi connectivity index (χ1v) is 5.92. The van der Waals surface area contributed by atoms with Crippen molar-refractivity contribution < 1.29 is 37.1 Å². The van der Waals surface area contributed by atoms with E-state index in [-0.39, 0.29) is 11.1 Å². The number of Topliss-reactive ketones (excluding diaryl/α,β-unsaturated/α-hetero) is 1. The first-order chi connectivity index (χ1) is 10.0. The van der Waals surface area contributed by atoms with Gasteiger partial charge in [-0.05, 0) is 18.6 Å². The Balaban J connectivity index is 2.87. The van der Waals surface area contributed by atoms with Crippen molar-refractivity contribution in [3.63, 3.8) is 0 Å². The quantitative estimate of drug-likeness (QED) is 0.640. The SMILES string of the molecule is Cc1ccc(C(=O)C[C@@H](NC(=O)C(F)(F)F)C(=O)O)cc1F. The van der Waals surface area contributed by atoms with Gasteiger partial charge in [-0.25, -0.2) is 9.18 Å². The van der Waals surface area contributed by atoms with Crippen LogP contribution in [-0.4, -0.2) is 35.0 Å². The zero-order valence-corrected chi connectivity index (χ0v) is 11.2. The second kappa shape index (κ2) is 6.54. The number of nitrogens with one attached hydrogen (secondary N) is 1. The first kappa shape index (κ1) is 17.6. The standard InChI is InChI=1S/C13H11F4NO4/c1-6-2-3-7(4-8(6)14)10(19)5-9(11(20)21)18-12(22)13(15,16)17/h2-4,9H,5H2,1H3,(H,18,22)(H,20,21)/t9-/m1/s1. The number of hydrogen-bond acceptors (Lipinski definition) is 3. The maximum atomic E-state index is 13.3. The van der Waals surface area contributed by atoms with Crippen molar-refractivity contribution in [1.29, 1.82) is 0 Å². The number of amides is 1. The number of hydrogen-bond donors (Lipinski definition) is 2. The van der Waals surface area contributed by atoms with E-state index in [0.717, 1.165) is 6.07 Å². The molecule has 0 saturated heterocycles. The molecule has 120 valence electrons. The molecule has 0 aliphatic heterocycles. The number of carbonyl (C=O) groups excluding carboxylic acids is 2. The number of rotatable bonds is 5. The highest BCUT2D eigenvalue weighted by molar-refractivity contribution is 5.99. The number of halogens is 4. The molecule has 0 aliphatic carbocycles. The maximum absolute atomic E-state index is 13.3. The van der Waals surface area contributed by atoms with Crippen LogP contribution in [0, 0.1) is 12.7 Å². The summed E-state index contributed by atoms with van der Waals surface area (Å²) >= 11 is 0. The highest BCUT2D eigenvalue weighted by Crippen LogP contribution is 2.16. The molecule has 0 bridgehead atoms. The van der Waals surface area contributed by atoms with E-state index in [1.54, 1.807) is 0 Å². The van der Waals surface area contributed by atoms with E-state index in [9.17, 15) is 31.9 Å². The Kier molecular flexibility index (Phi) is 5.23. The van der Waals surface area contributed by atoms with Gasteiger partial charge in [0, 0.05) is 12.0 Å². The summed E-state index contributed by atoms with van der Waals surface area (Å²) in [5.41, 5.74) is 0.0484. The monoisotopic (exact) mass is 321 g/mol.